The highest BCUT2D eigenvalue weighted by atomic mass is 35.5. The van der Waals surface area contributed by atoms with Gasteiger partial charge in [-0.3, -0.25) is 0 Å². The van der Waals surface area contributed by atoms with E-state index >= 15 is 0 Å². The number of unbranched alkanes of at least 4 members (excludes halogenated alkanes) is 1. The summed E-state index contributed by atoms with van der Waals surface area (Å²) >= 11 is 6.20. The number of hydrogen-bond donors (Lipinski definition) is 1. The second-order valence-corrected chi connectivity index (χ2v) is 4.76. The maximum absolute atomic E-state index is 6.20. The van der Waals surface area contributed by atoms with Crippen LogP contribution in [-0.4, -0.2) is 9.55 Å². The number of anilines is 2. The van der Waals surface area contributed by atoms with Gasteiger partial charge in [0.15, 0.2) is 0 Å². The van der Waals surface area contributed by atoms with Crippen molar-refractivity contribution in [2.24, 2.45) is 0 Å². The van der Waals surface area contributed by atoms with E-state index in [4.69, 9.17) is 11.6 Å². The number of benzene rings is 1. The molecule has 2 aromatic rings. The highest BCUT2D eigenvalue weighted by Gasteiger charge is 2.07. The quantitative estimate of drug-likeness (QED) is 0.867. The molecule has 1 heterocycles. The SMILES string of the molecule is CCCCn1ccnc1Nc1c(C)cccc1Cl. The van der Waals surface area contributed by atoms with Gasteiger partial charge in [-0.1, -0.05) is 37.1 Å². The van der Waals surface area contributed by atoms with Crippen LogP contribution in [0.3, 0.4) is 0 Å². The zero-order valence-electron chi connectivity index (χ0n) is 10.8. The van der Waals surface area contributed by atoms with Crippen molar-refractivity contribution >= 4 is 23.2 Å². The van der Waals surface area contributed by atoms with Crippen LogP contribution in [0, 0.1) is 6.92 Å². The monoisotopic (exact) mass is 263 g/mol. The Morgan fingerprint density at radius 1 is 1.39 bits per heavy atom. The fraction of sp³-hybridized carbons (Fsp3) is 0.357. The van der Waals surface area contributed by atoms with Crippen LogP contribution >= 0.6 is 11.6 Å². The van der Waals surface area contributed by atoms with E-state index in [9.17, 15) is 0 Å². The van der Waals surface area contributed by atoms with Crippen molar-refractivity contribution < 1.29 is 0 Å². The molecule has 2 rings (SSSR count). The summed E-state index contributed by atoms with van der Waals surface area (Å²) in [6, 6.07) is 5.87. The predicted molar refractivity (Wildman–Crippen MR) is 76.6 cm³/mol. The van der Waals surface area contributed by atoms with E-state index in [0.29, 0.717) is 0 Å². The van der Waals surface area contributed by atoms with Crippen molar-refractivity contribution in [3.8, 4) is 0 Å². The van der Waals surface area contributed by atoms with Crippen LogP contribution in [0.15, 0.2) is 30.6 Å². The molecule has 0 unspecified atom stereocenters. The minimum absolute atomic E-state index is 0.722. The molecule has 0 bridgehead atoms. The van der Waals surface area contributed by atoms with Crippen molar-refractivity contribution in [1.82, 2.24) is 9.55 Å². The lowest BCUT2D eigenvalue weighted by atomic mass is 10.2. The van der Waals surface area contributed by atoms with Gasteiger partial charge in [0.05, 0.1) is 10.7 Å². The Balaban J connectivity index is 2.21. The van der Waals surface area contributed by atoms with Gasteiger partial charge in [-0.05, 0) is 25.0 Å². The molecule has 0 aliphatic heterocycles. The van der Waals surface area contributed by atoms with Crippen molar-refractivity contribution in [3.05, 3.63) is 41.2 Å². The minimum atomic E-state index is 0.722. The number of rotatable bonds is 5. The van der Waals surface area contributed by atoms with Crippen LogP contribution in [0.2, 0.25) is 5.02 Å². The van der Waals surface area contributed by atoms with Crippen molar-refractivity contribution in [3.63, 3.8) is 0 Å². The molecule has 3 nitrogen and oxygen atoms in total. The van der Waals surface area contributed by atoms with Gasteiger partial charge in [0.2, 0.25) is 5.95 Å². The molecular weight excluding hydrogens is 246 g/mol. The van der Waals surface area contributed by atoms with Crippen LogP contribution in [-0.2, 0) is 6.54 Å². The third-order valence-electron chi connectivity index (χ3n) is 2.93. The van der Waals surface area contributed by atoms with E-state index in [1.165, 1.54) is 6.42 Å². The molecule has 0 spiro atoms. The topological polar surface area (TPSA) is 29.9 Å². The summed E-state index contributed by atoms with van der Waals surface area (Å²) in [7, 11) is 0. The molecule has 1 N–H and O–H groups in total. The van der Waals surface area contributed by atoms with Gasteiger partial charge >= 0.3 is 0 Å². The van der Waals surface area contributed by atoms with Gasteiger partial charge in [0, 0.05) is 18.9 Å². The van der Waals surface area contributed by atoms with Crippen LogP contribution in [0.1, 0.15) is 25.3 Å². The Hall–Kier alpha value is -1.48. The molecule has 18 heavy (non-hydrogen) atoms. The number of aromatic nitrogens is 2. The number of nitrogens with one attached hydrogen (secondary N) is 1. The second kappa shape index (κ2) is 5.91. The number of aryl methyl sites for hydroxylation is 2. The molecule has 0 saturated carbocycles. The molecule has 0 atom stereocenters. The van der Waals surface area contributed by atoms with Crippen LogP contribution in [0.25, 0.3) is 0 Å². The molecule has 0 aliphatic rings. The molecule has 0 saturated heterocycles. The normalized spacial score (nSPS) is 10.6. The summed E-state index contributed by atoms with van der Waals surface area (Å²) in [5.74, 6) is 0.847. The van der Waals surface area contributed by atoms with Gasteiger partial charge in [-0.2, -0.15) is 0 Å². The Kier molecular flexibility index (Phi) is 4.26. The number of imidazole rings is 1. The van der Waals surface area contributed by atoms with Gasteiger partial charge in [0.1, 0.15) is 0 Å². The lowest BCUT2D eigenvalue weighted by Crippen LogP contribution is -2.04. The molecule has 0 amide bonds. The Morgan fingerprint density at radius 3 is 2.94 bits per heavy atom. The predicted octanol–water partition coefficient (Wildman–Crippen LogP) is 4.39. The standard InChI is InChI=1S/C14H18ClN3/c1-3-4-9-18-10-8-16-14(18)17-13-11(2)6-5-7-12(13)15/h5-8,10H,3-4,9H2,1-2H3,(H,16,17). The smallest absolute Gasteiger partial charge is 0.207 e. The van der Waals surface area contributed by atoms with E-state index in [1.54, 1.807) is 0 Å². The molecule has 0 radical (unpaired) electrons. The lowest BCUT2D eigenvalue weighted by molar-refractivity contribution is 0.638. The molecular formula is C14H18ClN3. The molecule has 0 aliphatic carbocycles. The Labute approximate surface area is 113 Å². The van der Waals surface area contributed by atoms with Gasteiger partial charge in [-0.15, -0.1) is 0 Å². The summed E-state index contributed by atoms with van der Waals surface area (Å²) in [6.07, 6.45) is 6.11. The number of para-hydroxylation sites is 1. The summed E-state index contributed by atoms with van der Waals surface area (Å²) in [4.78, 5) is 4.34. The molecule has 96 valence electrons. The lowest BCUT2D eigenvalue weighted by Gasteiger charge is -2.12. The first kappa shape index (κ1) is 13.0. The van der Waals surface area contributed by atoms with Crippen LogP contribution in [0.4, 0.5) is 11.6 Å². The van der Waals surface area contributed by atoms with E-state index in [0.717, 1.165) is 35.2 Å². The summed E-state index contributed by atoms with van der Waals surface area (Å²) < 4.78 is 2.12. The van der Waals surface area contributed by atoms with Gasteiger partial charge in [-0.25, -0.2) is 4.98 Å². The van der Waals surface area contributed by atoms with Crippen molar-refractivity contribution in [2.75, 3.05) is 5.32 Å². The summed E-state index contributed by atoms with van der Waals surface area (Å²) in [6.45, 7) is 5.19. The maximum atomic E-state index is 6.20. The zero-order chi connectivity index (χ0) is 13.0. The minimum Gasteiger partial charge on any atom is -0.324 e. The first-order chi connectivity index (χ1) is 8.72. The third kappa shape index (κ3) is 2.85. The van der Waals surface area contributed by atoms with E-state index in [-0.39, 0.29) is 0 Å². The molecule has 1 aromatic carbocycles. The Morgan fingerprint density at radius 2 is 2.22 bits per heavy atom. The second-order valence-electron chi connectivity index (χ2n) is 4.35. The number of hydrogen-bond acceptors (Lipinski definition) is 2. The first-order valence-electron chi connectivity index (χ1n) is 6.25. The number of nitrogens with zero attached hydrogens (tertiary/aromatic N) is 2. The highest BCUT2D eigenvalue weighted by molar-refractivity contribution is 6.33. The van der Waals surface area contributed by atoms with E-state index < -0.39 is 0 Å². The van der Waals surface area contributed by atoms with E-state index in [1.807, 2.05) is 37.5 Å². The molecule has 4 heteroatoms. The molecule has 1 aromatic heterocycles. The average molecular weight is 264 g/mol. The summed E-state index contributed by atoms with van der Waals surface area (Å²) in [5, 5.41) is 4.04. The summed E-state index contributed by atoms with van der Waals surface area (Å²) in [5.41, 5.74) is 2.05. The fourth-order valence-electron chi connectivity index (χ4n) is 1.84. The zero-order valence-corrected chi connectivity index (χ0v) is 11.5. The highest BCUT2D eigenvalue weighted by Crippen LogP contribution is 2.28. The van der Waals surface area contributed by atoms with Gasteiger partial charge in [0.25, 0.3) is 0 Å². The fourth-order valence-corrected chi connectivity index (χ4v) is 2.11. The maximum Gasteiger partial charge on any atom is 0.207 e. The van der Waals surface area contributed by atoms with Crippen molar-refractivity contribution in [1.29, 1.82) is 0 Å². The number of halogens is 1. The van der Waals surface area contributed by atoms with Crippen LogP contribution < -0.4 is 5.32 Å². The van der Waals surface area contributed by atoms with E-state index in [2.05, 4.69) is 21.8 Å². The Bertz CT molecular complexity index is 499. The largest absolute Gasteiger partial charge is 0.324 e. The van der Waals surface area contributed by atoms with Crippen LogP contribution in [0.5, 0.6) is 0 Å². The van der Waals surface area contributed by atoms with Gasteiger partial charge < -0.3 is 9.88 Å². The van der Waals surface area contributed by atoms with Crippen molar-refractivity contribution in [2.45, 2.75) is 33.2 Å². The first-order valence-corrected chi connectivity index (χ1v) is 6.63. The molecule has 0 fully saturated rings. The third-order valence-corrected chi connectivity index (χ3v) is 3.24. The average Bonchev–Trinajstić information content (AvgIpc) is 2.79.